The van der Waals surface area contributed by atoms with Gasteiger partial charge in [0.2, 0.25) is 5.91 Å². The van der Waals surface area contributed by atoms with E-state index in [9.17, 15) is 29.1 Å². The van der Waals surface area contributed by atoms with Crippen LogP contribution in [0.1, 0.15) is 48.8 Å². The Hall–Kier alpha value is -3.32. The monoisotopic (exact) mass is 522 g/mol. The Kier molecular flexibility index (Phi) is 7.23. The number of fused-ring (bicyclic) bond motifs is 2. The lowest BCUT2D eigenvalue weighted by molar-refractivity contribution is -0.139. The molecule has 2 aromatic rings. The SMILES string of the molecule is N#Cc1ccc2c(c1)N[C@H](C[C@@H](O)C1(O)CCN(C(=O)C=Cc3cc(F)cc(F)c3)CC1)C21CCNCC1. The van der Waals surface area contributed by atoms with Gasteiger partial charge in [0.05, 0.1) is 23.3 Å². The summed E-state index contributed by atoms with van der Waals surface area (Å²) in [6, 6.07) is 10.9. The van der Waals surface area contributed by atoms with E-state index in [0.717, 1.165) is 55.4 Å². The lowest BCUT2D eigenvalue weighted by Crippen LogP contribution is -2.55. The Morgan fingerprint density at radius 2 is 1.82 bits per heavy atom. The molecule has 0 aromatic heterocycles. The van der Waals surface area contributed by atoms with Crippen molar-refractivity contribution in [2.75, 3.05) is 31.5 Å². The van der Waals surface area contributed by atoms with Crippen LogP contribution in [-0.2, 0) is 10.2 Å². The molecule has 0 saturated carbocycles. The van der Waals surface area contributed by atoms with Gasteiger partial charge in [-0.1, -0.05) is 6.07 Å². The summed E-state index contributed by atoms with van der Waals surface area (Å²) >= 11 is 0. The Bertz CT molecular complexity index is 1260. The Morgan fingerprint density at radius 1 is 1.13 bits per heavy atom. The molecule has 0 unspecified atom stereocenters. The maximum Gasteiger partial charge on any atom is 0.246 e. The number of halogens is 2. The van der Waals surface area contributed by atoms with Crippen molar-refractivity contribution >= 4 is 17.7 Å². The molecule has 200 valence electrons. The highest BCUT2D eigenvalue weighted by Gasteiger charge is 2.50. The fraction of sp³-hybridized carbons (Fsp3) is 0.448. The zero-order valence-electron chi connectivity index (χ0n) is 21.1. The predicted molar refractivity (Wildman–Crippen MR) is 139 cm³/mol. The fourth-order valence-corrected chi connectivity index (χ4v) is 6.29. The molecule has 2 atom stereocenters. The highest BCUT2D eigenvalue weighted by atomic mass is 19.1. The molecule has 9 heteroatoms. The van der Waals surface area contributed by atoms with Crippen LogP contribution >= 0.6 is 0 Å². The van der Waals surface area contributed by atoms with Crippen molar-refractivity contribution in [1.29, 1.82) is 5.26 Å². The molecule has 7 nitrogen and oxygen atoms in total. The molecule has 4 N–H and O–H groups in total. The number of carbonyl (C=O) groups excluding carboxylic acids is 1. The fourth-order valence-electron chi connectivity index (χ4n) is 6.29. The number of aliphatic hydroxyl groups is 2. The number of benzene rings is 2. The van der Waals surface area contributed by atoms with E-state index >= 15 is 0 Å². The molecule has 1 spiro atoms. The Morgan fingerprint density at radius 3 is 2.47 bits per heavy atom. The molecular formula is C29H32F2N4O3. The van der Waals surface area contributed by atoms with Crippen molar-refractivity contribution in [2.24, 2.45) is 0 Å². The number of nitrogens with one attached hydrogen (secondary N) is 2. The number of rotatable bonds is 5. The van der Waals surface area contributed by atoms with Crippen LogP contribution in [0.15, 0.2) is 42.5 Å². The van der Waals surface area contributed by atoms with Crippen LogP contribution < -0.4 is 10.6 Å². The zero-order valence-corrected chi connectivity index (χ0v) is 21.1. The number of piperidine rings is 2. The van der Waals surface area contributed by atoms with E-state index in [0.29, 0.717) is 12.0 Å². The number of carbonyl (C=O) groups is 1. The summed E-state index contributed by atoms with van der Waals surface area (Å²) in [5.74, 6) is -1.75. The third-order valence-electron chi connectivity index (χ3n) is 8.50. The van der Waals surface area contributed by atoms with E-state index in [4.69, 9.17) is 0 Å². The first-order chi connectivity index (χ1) is 18.2. The first-order valence-corrected chi connectivity index (χ1v) is 13.1. The number of anilines is 1. The smallest absolute Gasteiger partial charge is 0.246 e. The molecule has 38 heavy (non-hydrogen) atoms. The van der Waals surface area contributed by atoms with Gasteiger partial charge in [0.1, 0.15) is 11.6 Å². The molecule has 3 aliphatic heterocycles. The van der Waals surface area contributed by atoms with Crippen molar-refractivity contribution in [2.45, 2.75) is 55.3 Å². The first kappa shape index (κ1) is 26.3. The lowest BCUT2D eigenvalue weighted by atomic mass is 9.67. The molecule has 5 rings (SSSR count). The molecule has 2 fully saturated rings. The van der Waals surface area contributed by atoms with Gasteiger partial charge in [-0.3, -0.25) is 4.79 Å². The van der Waals surface area contributed by atoms with Gasteiger partial charge in [-0.25, -0.2) is 8.78 Å². The van der Waals surface area contributed by atoms with Gasteiger partial charge >= 0.3 is 0 Å². The average Bonchev–Trinajstić information content (AvgIpc) is 3.18. The van der Waals surface area contributed by atoms with Crippen molar-refractivity contribution in [1.82, 2.24) is 10.2 Å². The molecule has 0 aliphatic carbocycles. The third kappa shape index (κ3) is 5.04. The number of nitriles is 1. The lowest BCUT2D eigenvalue weighted by Gasteiger charge is -2.44. The maximum absolute atomic E-state index is 13.4. The van der Waals surface area contributed by atoms with Crippen LogP contribution in [0.5, 0.6) is 0 Å². The van der Waals surface area contributed by atoms with Gasteiger partial charge in [0.15, 0.2) is 0 Å². The number of nitrogens with zero attached hydrogens (tertiary/aromatic N) is 2. The summed E-state index contributed by atoms with van der Waals surface area (Å²) in [7, 11) is 0. The van der Waals surface area contributed by atoms with Crippen molar-refractivity contribution < 1.29 is 23.8 Å². The van der Waals surface area contributed by atoms with Crippen LogP contribution in [-0.4, -0.2) is 64.9 Å². The van der Waals surface area contributed by atoms with Crippen LogP contribution in [0.4, 0.5) is 14.5 Å². The van der Waals surface area contributed by atoms with E-state index in [-0.39, 0.29) is 48.9 Å². The molecule has 0 radical (unpaired) electrons. The van der Waals surface area contributed by atoms with Gasteiger partial charge in [-0.05, 0) is 86.7 Å². The van der Waals surface area contributed by atoms with Crippen molar-refractivity contribution in [3.05, 3.63) is 70.8 Å². The average molecular weight is 523 g/mol. The van der Waals surface area contributed by atoms with E-state index in [1.165, 1.54) is 12.2 Å². The standard InChI is InChI=1S/C29H32F2N4O3/c30-21-13-19(14-22(31)16-21)2-4-27(37)35-11-7-29(38,8-12-35)26(36)17-25-28(5-9-33-10-6-28)23-3-1-20(18-32)15-24(23)34-25/h1-4,13-16,25-26,33-34,36,38H,5-12,17H2/t25-,26-/m1/s1. The zero-order chi connectivity index (χ0) is 26.9. The molecule has 1 amide bonds. The Balaban J connectivity index is 1.24. The molecule has 3 heterocycles. The summed E-state index contributed by atoms with van der Waals surface area (Å²) in [6.45, 7) is 2.22. The normalized spacial score (nSPS) is 22.6. The number of hydrogen-bond acceptors (Lipinski definition) is 6. The summed E-state index contributed by atoms with van der Waals surface area (Å²) in [5.41, 5.74) is 1.37. The minimum atomic E-state index is -1.34. The highest BCUT2D eigenvalue weighted by Crippen LogP contribution is 2.49. The molecule has 2 aromatic carbocycles. The molecular weight excluding hydrogens is 490 g/mol. The minimum Gasteiger partial charge on any atom is -0.390 e. The third-order valence-corrected chi connectivity index (χ3v) is 8.50. The van der Waals surface area contributed by atoms with Gasteiger partial charge < -0.3 is 25.7 Å². The van der Waals surface area contributed by atoms with E-state index in [1.54, 1.807) is 4.90 Å². The van der Waals surface area contributed by atoms with Crippen LogP contribution in [0.3, 0.4) is 0 Å². The van der Waals surface area contributed by atoms with Crippen molar-refractivity contribution in [3.8, 4) is 6.07 Å². The van der Waals surface area contributed by atoms with E-state index < -0.39 is 23.3 Å². The number of likely N-dealkylation sites (tertiary alicyclic amines) is 1. The summed E-state index contributed by atoms with van der Waals surface area (Å²) in [6.07, 6.45) is 4.18. The summed E-state index contributed by atoms with van der Waals surface area (Å²) in [4.78, 5) is 14.2. The van der Waals surface area contributed by atoms with Gasteiger partial charge in [0, 0.05) is 42.4 Å². The molecule has 3 aliphatic rings. The maximum atomic E-state index is 13.4. The van der Waals surface area contributed by atoms with Crippen LogP contribution in [0.25, 0.3) is 6.08 Å². The number of hydrogen-bond donors (Lipinski definition) is 4. The quantitative estimate of drug-likeness (QED) is 0.450. The second-order valence-corrected chi connectivity index (χ2v) is 10.7. The topological polar surface area (TPSA) is 109 Å². The summed E-state index contributed by atoms with van der Waals surface area (Å²) < 4.78 is 26.8. The molecule has 2 saturated heterocycles. The van der Waals surface area contributed by atoms with Gasteiger partial charge in [-0.2, -0.15) is 5.26 Å². The van der Waals surface area contributed by atoms with Gasteiger partial charge in [0.25, 0.3) is 0 Å². The number of amides is 1. The Labute approximate surface area is 220 Å². The van der Waals surface area contributed by atoms with Gasteiger partial charge in [-0.15, -0.1) is 0 Å². The number of aliphatic hydroxyl groups excluding tert-OH is 1. The first-order valence-electron chi connectivity index (χ1n) is 13.1. The largest absolute Gasteiger partial charge is 0.390 e. The minimum absolute atomic E-state index is 0.0955. The van der Waals surface area contributed by atoms with E-state index in [2.05, 4.69) is 16.7 Å². The van der Waals surface area contributed by atoms with E-state index in [1.807, 2.05) is 18.2 Å². The second kappa shape index (κ2) is 10.4. The highest BCUT2D eigenvalue weighted by molar-refractivity contribution is 5.91. The molecule has 0 bridgehead atoms. The van der Waals surface area contributed by atoms with Crippen LogP contribution in [0, 0.1) is 23.0 Å². The predicted octanol–water partition coefficient (Wildman–Crippen LogP) is 3.07. The summed E-state index contributed by atoms with van der Waals surface area (Å²) in [5, 5.41) is 38.9. The second-order valence-electron chi connectivity index (χ2n) is 10.7. The van der Waals surface area contributed by atoms with Crippen LogP contribution in [0.2, 0.25) is 0 Å². The van der Waals surface area contributed by atoms with Crippen molar-refractivity contribution in [3.63, 3.8) is 0 Å².